The van der Waals surface area contributed by atoms with Gasteiger partial charge in [-0.1, -0.05) is 15.9 Å². The third kappa shape index (κ3) is 3.71. The maximum absolute atomic E-state index is 11.5. The van der Waals surface area contributed by atoms with Crippen LogP contribution in [0.15, 0.2) is 16.6 Å². The van der Waals surface area contributed by atoms with Gasteiger partial charge in [0.2, 0.25) is 0 Å². The molecule has 0 fully saturated rings. The molecule has 0 bridgehead atoms. The molecule has 0 saturated heterocycles. The van der Waals surface area contributed by atoms with Crippen molar-refractivity contribution in [1.29, 1.82) is 0 Å². The molecule has 0 heterocycles. The second-order valence-corrected chi connectivity index (χ2v) is 4.91. The van der Waals surface area contributed by atoms with Crippen LogP contribution in [0.1, 0.15) is 11.1 Å². The predicted molar refractivity (Wildman–Crippen MR) is 71.0 cm³/mol. The molecule has 2 N–H and O–H groups in total. The highest BCUT2D eigenvalue weighted by Gasteiger charge is 2.11. The number of ether oxygens (including phenoxy) is 1. The third-order valence-electron chi connectivity index (χ3n) is 2.38. The van der Waals surface area contributed by atoms with Crippen LogP contribution in [0, 0.1) is 6.92 Å². The maximum Gasteiger partial charge on any atom is 0.259 e. The molecule has 5 heteroatoms. The van der Waals surface area contributed by atoms with Crippen LogP contribution in [-0.4, -0.2) is 31.5 Å². The first kappa shape index (κ1) is 14.0. The monoisotopic (exact) mass is 300 g/mol. The van der Waals surface area contributed by atoms with E-state index in [4.69, 9.17) is 10.5 Å². The Kier molecular flexibility index (Phi) is 4.96. The number of amides is 1. The number of carbonyl (C=O) groups is 1. The number of benzene rings is 1. The Labute approximate surface area is 110 Å². The number of carbonyl (C=O) groups excluding carboxylic acids is 1. The fourth-order valence-electron chi connectivity index (χ4n) is 1.42. The van der Waals surface area contributed by atoms with Crippen LogP contribution < -0.4 is 10.5 Å². The first-order chi connectivity index (χ1) is 7.95. The summed E-state index contributed by atoms with van der Waals surface area (Å²) in [5, 5.41) is 0. The van der Waals surface area contributed by atoms with Crippen molar-refractivity contribution in [2.24, 2.45) is 5.73 Å². The van der Waals surface area contributed by atoms with Crippen molar-refractivity contribution >= 4 is 21.8 Å². The van der Waals surface area contributed by atoms with Crippen LogP contribution in [0.3, 0.4) is 0 Å². The van der Waals surface area contributed by atoms with E-state index in [-0.39, 0.29) is 12.5 Å². The second-order valence-electron chi connectivity index (χ2n) is 3.99. The molecule has 1 rings (SSSR count). The molecule has 0 atom stereocenters. The van der Waals surface area contributed by atoms with Crippen LogP contribution in [0.25, 0.3) is 0 Å². The van der Waals surface area contributed by atoms with E-state index in [0.29, 0.717) is 12.3 Å². The van der Waals surface area contributed by atoms with Gasteiger partial charge in [0.25, 0.3) is 5.91 Å². The largest absolute Gasteiger partial charge is 0.483 e. The summed E-state index contributed by atoms with van der Waals surface area (Å²) >= 11 is 3.40. The summed E-state index contributed by atoms with van der Waals surface area (Å²) in [5.74, 6) is 0.626. The summed E-state index contributed by atoms with van der Waals surface area (Å²) in [7, 11) is 3.40. The van der Waals surface area contributed by atoms with Gasteiger partial charge in [-0.2, -0.15) is 0 Å². The van der Waals surface area contributed by atoms with Gasteiger partial charge in [-0.15, -0.1) is 0 Å². The van der Waals surface area contributed by atoms with Crippen molar-refractivity contribution in [3.63, 3.8) is 0 Å². The highest BCUT2D eigenvalue weighted by Crippen LogP contribution is 2.27. The Balaban J connectivity index is 2.87. The standard InChI is InChI=1S/C12H17BrN2O2/c1-8-4-10(13)5-9(6-14)12(8)17-7-11(16)15(2)3/h4-5H,6-7,14H2,1-3H3. The number of likely N-dealkylation sites (N-methyl/N-ethyl adjacent to an activating group) is 1. The molecule has 0 saturated carbocycles. The Morgan fingerprint density at radius 2 is 2.12 bits per heavy atom. The SMILES string of the molecule is Cc1cc(Br)cc(CN)c1OCC(=O)N(C)C. The van der Waals surface area contributed by atoms with E-state index in [0.717, 1.165) is 15.6 Å². The average molecular weight is 301 g/mol. The van der Waals surface area contributed by atoms with Gasteiger partial charge in [-0.3, -0.25) is 4.79 Å². The van der Waals surface area contributed by atoms with Crippen LogP contribution in [-0.2, 0) is 11.3 Å². The highest BCUT2D eigenvalue weighted by molar-refractivity contribution is 9.10. The lowest BCUT2D eigenvalue weighted by atomic mass is 10.1. The van der Waals surface area contributed by atoms with Gasteiger partial charge in [0.05, 0.1) is 0 Å². The Morgan fingerprint density at radius 3 is 2.65 bits per heavy atom. The van der Waals surface area contributed by atoms with Gasteiger partial charge in [0.15, 0.2) is 6.61 Å². The van der Waals surface area contributed by atoms with Crippen LogP contribution in [0.2, 0.25) is 0 Å². The van der Waals surface area contributed by atoms with Crippen molar-refractivity contribution in [3.05, 3.63) is 27.7 Å². The van der Waals surface area contributed by atoms with Crippen molar-refractivity contribution < 1.29 is 9.53 Å². The average Bonchev–Trinajstić information content (AvgIpc) is 2.26. The minimum Gasteiger partial charge on any atom is -0.483 e. The molecule has 0 unspecified atom stereocenters. The summed E-state index contributed by atoms with van der Waals surface area (Å²) in [6, 6.07) is 3.84. The fourth-order valence-corrected chi connectivity index (χ4v) is 2.04. The molecular weight excluding hydrogens is 284 g/mol. The number of hydrogen-bond acceptors (Lipinski definition) is 3. The number of rotatable bonds is 4. The molecule has 17 heavy (non-hydrogen) atoms. The Hall–Kier alpha value is -1.07. The summed E-state index contributed by atoms with van der Waals surface area (Å²) in [4.78, 5) is 13.0. The van der Waals surface area contributed by atoms with Gasteiger partial charge in [0.1, 0.15) is 5.75 Å². The molecule has 0 spiro atoms. The molecule has 4 nitrogen and oxygen atoms in total. The second kappa shape index (κ2) is 6.02. The zero-order chi connectivity index (χ0) is 13.0. The van der Waals surface area contributed by atoms with E-state index in [1.54, 1.807) is 14.1 Å². The van der Waals surface area contributed by atoms with Crippen molar-refractivity contribution in [2.75, 3.05) is 20.7 Å². The molecule has 0 radical (unpaired) electrons. The molecule has 1 aromatic carbocycles. The van der Waals surface area contributed by atoms with E-state index in [9.17, 15) is 4.79 Å². The van der Waals surface area contributed by atoms with Gasteiger partial charge in [-0.25, -0.2) is 0 Å². The third-order valence-corrected chi connectivity index (χ3v) is 2.83. The van der Waals surface area contributed by atoms with E-state index < -0.39 is 0 Å². The normalized spacial score (nSPS) is 10.2. The van der Waals surface area contributed by atoms with Crippen LogP contribution >= 0.6 is 15.9 Å². The summed E-state index contributed by atoms with van der Waals surface area (Å²) in [6.45, 7) is 2.34. The molecule has 0 aromatic heterocycles. The summed E-state index contributed by atoms with van der Waals surface area (Å²) in [6.07, 6.45) is 0. The zero-order valence-electron chi connectivity index (χ0n) is 10.3. The van der Waals surface area contributed by atoms with Gasteiger partial charge in [0, 0.05) is 30.7 Å². The number of nitrogens with two attached hydrogens (primary N) is 1. The minimum atomic E-state index is -0.0738. The predicted octanol–water partition coefficient (Wildman–Crippen LogP) is 1.68. The fraction of sp³-hybridized carbons (Fsp3) is 0.417. The number of halogens is 1. The number of aryl methyl sites for hydroxylation is 1. The Bertz CT molecular complexity index is 419. The molecule has 0 aliphatic rings. The molecule has 94 valence electrons. The number of nitrogens with zero attached hydrogens (tertiary/aromatic N) is 1. The van der Waals surface area contributed by atoms with Crippen molar-refractivity contribution in [3.8, 4) is 5.75 Å². The topological polar surface area (TPSA) is 55.6 Å². The van der Waals surface area contributed by atoms with Gasteiger partial charge < -0.3 is 15.4 Å². The zero-order valence-corrected chi connectivity index (χ0v) is 11.9. The first-order valence-corrected chi connectivity index (χ1v) is 6.07. The first-order valence-electron chi connectivity index (χ1n) is 5.27. The van der Waals surface area contributed by atoms with Crippen LogP contribution in [0.5, 0.6) is 5.75 Å². The minimum absolute atomic E-state index is 0.0302. The molecule has 0 aliphatic heterocycles. The molecule has 1 aromatic rings. The van der Waals surface area contributed by atoms with E-state index in [1.165, 1.54) is 4.90 Å². The van der Waals surface area contributed by atoms with Crippen LogP contribution in [0.4, 0.5) is 0 Å². The molecular formula is C12H17BrN2O2. The summed E-state index contributed by atoms with van der Waals surface area (Å²) < 4.78 is 6.50. The van der Waals surface area contributed by atoms with Crippen molar-refractivity contribution in [1.82, 2.24) is 4.90 Å². The van der Waals surface area contributed by atoms with E-state index in [1.807, 2.05) is 19.1 Å². The lowest BCUT2D eigenvalue weighted by Crippen LogP contribution is -2.28. The maximum atomic E-state index is 11.5. The molecule has 1 amide bonds. The number of hydrogen-bond donors (Lipinski definition) is 1. The highest BCUT2D eigenvalue weighted by atomic mass is 79.9. The van der Waals surface area contributed by atoms with E-state index in [2.05, 4.69) is 15.9 Å². The lowest BCUT2D eigenvalue weighted by Gasteiger charge is -2.15. The quantitative estimate of drug-likeness (QED) is 0.920. The molecule has 0 aliphatic carbocycles. The van der Waals surface area contributed by atoms with Gasteiger partial charge in [-0.05, 0) is 24.6 Å². The lowest BCUT2D eigenvalue weighted by molar-refractivity contribution is -0.130. The van der Waals surface area contributed by atoms with E-state index >= 15 is 0 Å². The smallest absolute Gasteiger partial charge is 0.259 e. The Morgan fingerprint density at radius 1 is 1.47 bits per heavy atom. The summed E-state index contributed by atoms with van der Waals surface area (Å²) in [5.41, 5.74) is 7.51. The van der Waals surface area contributed by atoms with Gasteiger partial charge >= 0.3 is 0 Å². The van der Waals surface area contributed by atoms with Crippen molar-refractivity contribution in [2.45, 2.75) is 13.5 Å².